The van der Waals surface area contributed by atoms with Gasteiger partial charge in [-0.05, 0) is 134 Å². The molecule has 0 aliphatic heterocycles. The Morgan fingerprint density at radius 2 is 0.969 bits per heavy atom. The van der Waals surface area contributed by atoms with E-state index in [1.165, 1.54) is 66.1 Å². The number of nitrogens with zero attached hydrogens (tertiary/aromatic N) is 1. The van der Waals surface area contributed by atoms with Crippen LogP contribution in [0.3, 0.4) is 0 Å². The van der Waals surface area contributed by atoms with Crippen molar-refractivity contribution in [1.29, 1.82) is 0 Å². The Morgan fingerprint density at radius 1 is 0.359 bits per heavy atom. The molecule has 0 saturated carbocycles. The SMILES string of the molecule is C1=CC(c2cc(-c3ccc(N(c4ccc(-c5ccc6ccccc6c5)cc4)c4ccccc4-c4cccc5c4oc4cc6ccccc6cc45)cc3)ccc2-c2ccccc2)=CCC1. The standard InChI is InChI=1S/C62H43NO/c1-3-15-45(16-4-1)54-37-32-51(39-58(54)46-17-5-2-6-18-46)44-30-35-53(36-31-44)63(52-33-28-43(29-34-52)50-27-26-42-14-7-8-19-47(42)38-50)60-25-12-11-22-55(60)56-23-13-24-57-59-40-48-20-9-10-21-49(48)41-61(59)64-62(56)57/h1,3-5,7-41H,2,6H2. The summed E-state index contributed by atoms with van der Waals surface area (Å²) < 4.78 is 6.82. The Kier molecular flexibility index (Phi) is 9.34. The van der Waals surface area contributed by atoms with E-state index in [0.29, 0.717) is 0 Å². The zero-order valence-electron chi connectivity index (χ0n) is 35.3. The Balaban J connectivity index is 0.987. The molecule has 0 fully saturated rings. The van der Waals surface area contributed by atoms with Crippen LogP contribution in [0.15, 0.2) is 241 Å². The average Bonchev–Trinajstić information content (AvgIpc) is 3.74. The molecule has 12 rings (SSSR count). The lowest BCUT2D eigenvalue weighted by Crippen LogP contribution is -2.11. The number of benzene rings is 10. The van der Waals surface area contributed by atoms with Crippen LogP contribution >= 0.6 is 0 Å². The molecule has 0 spiro atoms. The zero-order chi connectivity index (χ0) is 42.4. The Morgan fingerprint density at radius 3 is 1.70 bits per heavy atom. The van der Waals surface area contributed by atoms with Crippen LogP contribution in [0.1, 0.15) is 18.4 Å². The molecule has 0 amide bonds. The van der Waals surface area contributed by atoms with E-state index in [-0.39, 0.29) is 0 Å². The van der Waals surface area contributed by atoms with E-state index in [4.69, 9.17) is 4.42 Å². The van der Waals surface area contributed by atoms with Crippen LogP contribution < -0.4 is 4.90 Å². The van der Waals surface area contributed by atoms with Gasteiger partial charge in [0, 0.05) is 33.3 Å². The minimum Gasteiger partial charge on any atom is -0.455 e. The van der Waals surface area contributed by atoms with Gasteiger partial charge in [-0.3, -0.25) is 0 Å². The van der Waals surface area contributed by atoms with Crippen molar-refractivity contribution in [3.8, 4) is 44.5 Å². The highest BCUT2D eigenvalue weighted by Crippen LogP contribution is 2.46. The summed E-state index contributed by atoms with van der Waals surface area (Å²) in [4.78, 5) is 2.39. The molecular formula is C62H43NO. The van der Waals surface area contributed by atoms with Gasteiger partial charge in [-0.2, -0.15) is 0 Å². The van der Waals surface area contributed by atoms with Gasteiger partial charge in [-0.1, -0.05) is 182 Å². The second kappa shape index (κ2) is 15.9. The van der Waals surface area contributed by atoms with Gasteiger partial charge in [0.25, 0.3) is 0 Å². The predicted octanol–water partition coefficient (Wildman–Crippen LogP) is 17.8. The van der Waals surface area contributed by atoms with E-state index in [0.717, 1.165) is 63.0 Å². The van der Waals surface area contributed by atoms with Crippen molar-refractivity contribution in [3.63, 3.8) is 0 Å². The fraction of sp³-hybridized carbons (Fsp3) is 0.0323. The molecule has 1 aliphatic carbocycles. The van der Waals surface area contributed by atoms with Crippen molar-refractivity contribution in [3.05, 3.63) is 242 Å². The monoisotopic (exact) mass is 817 g/mol. The zero-order valence-corrected chi connectivity index (χ0v) is 35.3. The van der Waals surface area contributed by atoms with Gasteiger partial charge in [-0.15, -0.1) is 0 Å². The minimum absolute atomic E-state index is 0.889. The average molecular weight is 818 g/mol. The van der Waals surface area contributed by atoms with E-state index in [1.54, 1.807) is 0 Å². The molecule has 0 bridgehead atoms. The molecule has 1 aromatic heterocycles. The normalized spacial score (nSPS) is 12.6. The molecule has 0 radical (unpaired) electrons. The Bertz CT molecular complexity index is 3590. The third kappa shape index (κ3) is 6.77. The second-order valence-electron chi connectivity index (χ2n) is 16.8. The first kappa shape index (κ1) is 37.6. The molecule has 0 atom stereocenters. The number of hydrogen-bond donors (Lipinski definition) is 0. The maximum absolute atomic E-state index is 6.82. The molecule has 11 aromatic rings. The molecule has 2 heteroatoms. The Hall–Kier alpha value is -8.20. The lowest BCUT2D eigenvalue weighted by atomic mass is 9.89. The third-order valence-electron chi connectivity index (χ3n) is 12.9. The highest BCUT2D eigenvalue weighted by molar-refractivity contribution is 6.14. The van der Waals surface area contributed by atoms with Crippen LogP contribution in [0.25, 0.3) is 93.6 Å². The molecular weight excluding hydrogens is 775 g/mol. The van der Waals surface area contributed by atoms with E-state index in [1.807, 2.05) is 0 Å². The van der Waals surface area contributed by atoms with Crippen molar-refractivity contribution >= 4 is 66.1 Å². The first-order chi connectivity index (χ1) is 31.7. The number of fused-ring (bicyclic) bond motifs is 5. The quantitative estimate of drug-likeness (QED) is 0.152. The van der Waals surface area contributed by atoms with Crippen LogP contribution in [0, 0.1) is 0 Å². The van der Waals surface area contributed by atoms with Crippen molar-refractivity contribution in [1.82, 2.24) is 0 Å². The van der Waals surface area contributed by atoms with Gasteiger partial charge < -0.3 is 9.32 Å². The summed E-state index contributed by atoms with van der Waals surface area (Å²) in [5.41, 5.74) is 16.9. The molecule has 2 nitrogen and oxygen atoms in total. The van der Waals surface area contributed by atoms with Gasteiger partial charge in [0.1, 0.15) is 11.2 Å². The lowest BCUT2D eigenvalue weighted by molar-refractivity contribution is 0.670. The van der Waals surface area contributed by atoms with Crippen LogP contribution in [-0.4, -0.2) is 0 Å². The molecule has 64 heavy (non-hydrogen) atoms. The maximum Gasteiger partial charge on any atom is 0.143 e. The summed E-state index contributed by atoms with van der Waals surface area (Å²) >= 11 is 0. The van der Waals surface area contributed by atoms with Gasteiger partial charge >= 0.3 is 0 Å². The van der Waals surface area contributed by atoms with Gasteiger partial charge in [0.2, 0.25) is 0 Å². The number of furan rings is 1. The molecule has 1 heterocycles. The first-order valence-corrected chi connectivity index (χ1v) is 22.2. The maximum atomic E-state index is 6.82. The lowest BCUT2D eigenvalue weighted by Gasteiger charge is -2.28. The Labute approximate surface area is 373 Å². The van der Waals surface area contributed by atoms with E-state index in [9.17, 15) is 0 Å². The summed E-state index contributed by atoms with van der Waals surface area (Å²) in [5, 5.41) is 7.09. The van der Waals surface area contributed by atoms with E-state index in [2.05, 4.69) is 242 Å². The minimum atomic E-state index is 0.889. The van der Waals surface area contributed by atoms with Crippen LogP contribution in [0.4, 0.5) is 17.1 Å². The number of anilines is 3. The highest BCUT2D eigenvalue weighted by atomic mass is 16.3. The smallest absolute Gasteiger partial charge is 0.143 e. The van der Waals surface area contributed by atoms with Gasteiger partial charge in [0.15, 0.2) is 0 Å². The van der Waals surface area contributed by atoms with Crippen molar-refractivity contribution in [2.45, 2.75) is 12.8 Å². The summed E-state index contributed by atoms with van der Waals surface area (Å²) in [6.07, 6.45) is 9.10. The van der Waals surface area contributed by atoms with Gasteiger partial charge in [0.05, 0.1) is 5.69 Å². The summed E-state index contributed by atoms with van der Waals surface area (Å²) in [6.45, 7) is 0. The van der Waals surface area contributed by atoms with Crippen molar-refractivity contribution in [2.75, 3.05) is 4.90 Å². The molecule has 0 N–H and O–H groups in total. The number of hydrogen-bond acceptors (Lipinski definition) is 2. The first-order valence-electron chi connectivity index (χ1n) is 22.2. The van der Waals surface area contributed by atoms with Crippen LogP contribution in [0.5, 0.6) is 0 Å². The van der Waals surface area contributed by atoms with Crippen LogP contribution in [0.2, 0.25) is 0 Å². The van der Waals surface area contributed by atoms with Crippen molar-refractivity contribution < 1.29 is 4.42 Å². The fourth-order valence-electron chi connectivity index (χ4n) is 9.64. The second-order valence-corrected chi connectivity index (χ2v) is 16.8. The van der Waals surface area contributed by atoms with Gasteiger partial charge in [-0.25, -0.2) is 0 Å². The molecule has 0 unspecified atom stereocenters. The summed E-state index contributed by atoms with van der Waals surface area (Å²) in [6, 6.07) is 79.2. The molecule has 0 saturated heterocycles. The molecule has 1 aliphatic rings. The highest BCUT2D eigenvalue weighted by Gasteiger charge is 2.21. The number of para-hydroxylation sites is 2. The topological polar surface area (TPSA) is 16.4 Å². The third-order valence-corrected chi connectivity index (χ3v) is 12.9. The summed E-state index contributed by atoms with van der Waals surface area (Å²) in [5.74, 6) is 0. The predicted molar refractivity (Wildman–Crippen MR) is 272 cm³/mol. The number of allylic oxidation sites excluding steroid dienone is 4. The largest absolute Gasteiger partial charge is 0.455 e. The van der Waals surface area contributed by atoms with Crippen molar-refractivity contribution in [2.24, 2.45) is 0 Å². The molecule has 302 valence electrons. The fourth-order valence-corrected chi connectivity index (χ4v) is 9.64. The van der Waals surface area contributed by atoms with E-state index < -0.39 is 0 Å². The van der Waals surface area contributed by atoms with Crippen LogP contribution in [-0.2, 0) is 0 Å². The number of rotatable bonds is 8. The molecule has 10 aromatic carbocycles. The summed E-state index contributed by atoms with van der Waals surface area (Å²) in [7, 11) is 0. The van der Waals surface area contributed by atoms with E-state index >= 15 is 0 Å².